The molecule has 1 rings (SSSR count). The molecule has 0 unspecified atom stereocenters. The molecular formula is C18H28O4. The minimum absolute atomic E-state index is 0.00987. The molecule has 0 saturated carbocycles. The Morgan fingerprint density at radius 2 is 1.95 bits per heavy atom. The van der Waals surface area contributed by atoms with Crippen LogP contribution in [0.25, 0.3) is 0 Å². The molecule has 0 saturated heterocycles. The van der Waals surface area contributed by atoms with Crippen LogP contribution in [0.5, 0.6) is 0 Å². The Bertz CT molecular complexity index is 456. The third kappa shape index (κ3) is 6.16. The highest BCUT2D eigenvalue weighted by molar-refractivity contribution is 5.69. The average molecular weight is 308 g/mol. The van der Waals surface area contributed by atoms with Crippen molar-refractivity contribution in [2.24, 2.45) is 0 Å². The highest BCUT2D eigenvalue weighted by Gasteiger charge is 2.15. The largest absolute Gasteiger partial charge is 0.466 e. The summed E-state index contributed by atoms with van der Waals surface area (Å²) in [6, 6.07) is 6.30. The number of hydrogen-bond donors (Lipinski definition) is 0. The van der Waals surface area contributed by atoms with Gasteiger partial charge in [0.25, 0.3) is 0 Å². The number of ether oxygens (including phenoxy) is 3. The zero-order chi connectivity index (χ0) is 16.4. The van der Waals surface area contributed by atoms with Crippen LogP contribution in [0.15, 0.2) is 18.2 Å². The number of rotatable bonds is 10. The molecule has 0 spiro atoms. The fraction of sp³-hybridized carbons (Fsp3) is 0.611. The van der Waals surface area contributed by atoms with E-state index in [2.05, 4.69) is 32.0 Å². The van der Waals surface area contributed by atoms with Crippen LogP contribution in [0.3, 0.4) is 0 Å². The number of benzene rings is 1. The van der Waals surface area contributed by atoms with Crippen molar-refractivity contribution < 1.29 is 19.0 Å². The molecule has 0 aliphatic rings. The summed E-state index contributed by atoms with van der Waals surface area (Å²) in [5.74, 6) is -0.154. The van der Waals surface area contributed by atoms with Gasteiger partial charge in [-0.2, -0.15) is 0 Å². The van der Waals surface area contributed by atoms with Gasteiger partial charge in [-0.1, -0.05) is 30.7 Å². The van der Waals surface area contributed by atoms with Gasteiger partial charge >= 0.3 is 5.97 Å². The summed E-state index contributed by atoms with van der Waals surface area (Å²) in [7, 11) is 0. The van der Waals surface area contributed by atoms with Gasteiger partial charge in [0, 0.05) is 13.0 Å². The fourth-order valence-corrected chi connectivity index (χ4v) is 2.38. The van der Waals surface area contributed by atoms with Crippen molar-refractivity contribution in [3.8, 4) is 0 Å². The predicted molar refractivity (Wildman–Crippen MR) is 86.7 cm³/mol. The maximum Gasteiger partial charge on any atom is 0.306 e. The second-order valence-corrected chi connectivity index (χ2v) is 5.18. The Morgan fingerprint density at radius 3 is 2.59 bits per heavy atom. The van der Waals surface area contributed by atoms with Crippen molar-refractivity contribution in [1.29, 1.82) is 0 Å². The van der Waals surface area contributed by atoms with Crippen molar-refractivity contribution >= 4 is 5.97 Å². The van der Waals surface area contributed by atoms with Gasteiger partial charge in [0.05, 0.1) is 12.7 Å². The smallest absolute Gasteiger partial charge is 0.306 e. The zero-order valence-electron chi connectivity index (χ0n) is 14.2. The molecule has 0 bridgehead atoms. The second-order valence-electron chi connectivity index (χ2n) is 5.18. The van der Waals surface area contributed by atoms with Crippen LogP contribution in [0, 0.1) is 6.92 Å². The first-order valence-corrected chi connectivity index (χ1v) is 8.06. The molecule has 1 aromatic carbocycles. The Kier molecular flexibility index (Phi) is 8.78. The summed E-state index contributed by atoms with van der Waals surface area (Å²) in [4.78, 5) is 11.6. The van der Waals surface area contributed by atoms with Crippen LogP contribution in [0.2, 0.25) is 0 Å². The third-order valence-corrected chi connectivity index (χ3v) is 3.48. The summed E-state index contributed by atoms with van der Waals surface area (Å²) in [6.07, 6.45) is 1.92. The number of aryl methyl sites for hydroxylation is 2. The number of carbonyl (C=O) groups is 1. The number of hydrogen-bond acceptors (Lipinski definition) is 4. The van der Waals surface area contributed by atoms with Crippen LogP contribution in [0.1, 0.15) is 56.4 Å². The fourth-order valence-electron chi connectivity index (χ4n) is 2.38. The summed E-state index contributed by atoms with van der Waals surface area (Å²) in [5.41, 5.74) is 3.47. The van der Waals surface area contributed by atoms with E-state index in [9.17, 15) is 4.79 Å². The summed E-state index contributed by atoms with van der Waals surface area (Å²) >= 11 is 0. The first kappa shape index (κ1) is 18.7. The monoisotopic (exact) mass is 308 g/mol. The minimum Gasteiger partial charge on any atom is -0.466 e. The van der Waals surface area contributed by atoms with E-state index in [1.807, 2.05) is 13.8 Å². The molecule has 0 radical (unpaired) electrons. The van der Waals surface area contributed by atoms with Gasteiger partial charge in [-0.15, -0.1) is 0 Å². The highest BCUT2D eigenvalue weighted by atomic mass is 16.7. The lowest BCUT2D eigenvalue weighted by Crippen LogP contribution is -2.11. The van der Waals surface area contributed by atoms with Gasteiger partial charge in [-0.05, 0) is 44.7 Å². The molecule has 124 valence electrons. The van der Waals surface area contributed by atoms with Crippen LogP contribution in [-0.2, 0) is 25.4 Å². The van der Waals surface area contributed by atoms with Crippen molar-refractivity contribution in [3.05, 3.63) is 34.9 Å². The molecule has 0 N–H and O–H groups in total. The van der Waals surface area contributed by atoms with Crippen LogP contribution >= 0.6 is 0 Å². The first-order valence-electron chi connectivity index (χ1n) is 8.06. The van der Waals surface area contributed by atoms with Crippen LogP contribution in [0.4, 0.5) is 0 Å². The summed E-state index contributed by atoms with van der Waals surface area (Å²) in [6.45, 7) is 9.27. The average Bonchev–Trinajstić information content (AvgIpc) is 2.51. The highest BCUT2D eigenvalue weighted by Crippen LogP contribution is 2.26. The Balaban J connectivity index is 2.81. The Hall–Kier alpha value is -1.39. The van der Waals surface area contributed by atoms with E-state index >= 15 is 0 Å². The Labute approximate surface area is 133 Å². The lowest BCUT2D eigenvalue weighted by molar-refractivity contribution is -0.143. The molecule has 0 aromatic heterocycles. The molecule has 0 amide bonds. The molecule has 0 aliphatic carbocycles. The van der Waals surface area contributed by atoms with E-state index in [1.54, 1.807) is 0 Å². The third-order valence-electron chi connectivity index (χ3n) is 3.48. The normalized spacial score (nSPS) is 12.2. The molecule has 0 fully saturated rings. The minimum atomic E-state index is -0.154. The topological polar surface area (TPSA) is 44.8 Å². The van der Waals surface area contributed by atoms with E-state index < -0.39 is 0 Å². The van der Waals surface area contributed by atoms with Crippen LogP contribution in [-0.4, -0.2) is 26.0 Å². The molecule has 1 aromatic rings. The maximum absolute atomic E-state index is 11.6. The lowest BCUT2D eigenvalue weighted by atomic mass is 9.95. The maximum atomic E-state index is 11.6. The van der Waals surface area contributed by atoms with Crippen molar-refractivity contribution in [2.45, 2.75) is 53.1 Å². The van der Waals surface area contributed by atoms with E-state index in [1.165, 1.54) is 5.56 Å². The van der Waals surface area contributed by atoms with Gasteiger partial charge in [0.15, 0.2) is 0 Å². The molecular weight excluding hydrogens is 280 g/mol. The summed E-state index contributed by atoms with van der Waals surface area (Å²) in [5, 5.41) is 0. The van der Waals surface area contributed by atoms with E-state index in [-0.39, 0.29) is 12.1 Å². The first-order chi connectivity index (χ1) is 10.6. The zero-order valence-corrected chi connectivity index (χ0v) is 14.2. The van der Waals surface area contributed by atoms with Crippen molar-refractivity contribution in [2.75, 3.05) is 20.0 Å². The quantitative estimate of drug-likeness (QED) is 0.373. The van der Waals surface area contributed by atoms with Gasteiger partial charge in [0.1, 0.15) is 6.79 Å². The molecule has 4 nitrogen and oxygen atoms in total. The van der Waals surface area contributed by atoms with Crippen LogP contribution < -0.4 is 0 Å². The second kappa shape index (κ2) is 10.4. The molecule has 0 heterocycles. The summed E-state index contributed by atoms with van der Waals surface area (Å²) < 4.78 is 16.1. The van der Waals surface area contributed by atoms with Gasteiger partial charge < -0.3 is 14.2 Å². The van der Waals surface area contributed by atoms with Crippen molar-refractivity contribution in [1.82, 2.24) is 0 Å². The van der Waals surface area contributed by atoms with E-state index in [0.29, 0.717) is 32.8 Å². The van der Waals surface area contributed by atoms with Gasteiger partial charge in [-0.3, -0.25) is 4.79 Å². The van der Waals surface area contributed by atoms with E-state index in [0.717, 1.165) is 17.5 Å². The number of carbonyl (C=O) groups excluding carboxylic acids is 1. The SMILES string of the molecule is CCOCO[C@H](CC)c1ccc(C)cc1CCC(=O)OCC. The molecule has 22 heavy (non-hydrogen) atoms. The standard InChI is InChI=1S/C18H28O4/c1-5-17(22-13-20-6-2)16-10-8-14(4)12-15(16)9-11-18(19)21-7-3/h8,10,12,17H,5-7,9,11,13H2,1-4H3/t17-/m1/s1. The van der Waals surface area contributed by atoms with Gasteiger partial charge in [0.2, 0.25) is 0 Å². The Morgan fingerprint density at radius 1 is 1.18 bits per heavy atom. The molecule has 4 heteroatoms. The predicted octanol–water partition coefficient (Wildman–Crippen LogP) is 3.95. The van der Waals surface area contributed by atoms with E-state index in [4.69, 9.17) is 14.2 Å². The lowest BCUT2D eigenvalue weighted by Gasteiger charge is -2.20. The molecule has 0 aliphatic heterocycles. The number of esters is 1. The molecule has 1 atom stereocenters. The van der Waals surface area contributed by atoms with Crippen molar-refractivity contribution in [3.63, 3.8) is 0 Å². The van der Waals surface area contributed by atoms with Gasteiger partial charge in [-0.25, -0.2) is 0 Å².